The topological polar surface area (TPSA) is 102 Å². The maximum Gasteiger partial charge on any atom is 0.407 e. The zero-order chi connectivity index (χ0) is 14.8. The molecule has 0 aliphatic heterocycles. The van der Waals surface area contributed by atoms with E-state index in [-0.39, 0.29) is 13.0 Å². The molecule has 6 nitrogen and oxygen atoms in total. The van der Waals surface area contributed by atoms with Crippen molar-refractivity contribution in [1.29, 1.82) is 0 Å². The third-order valence-corrected chi connectivity index (χ3v) is 2.71. The highest BCUT2D eigenvalue weighted by molar-refractivity contribution is 5.71. The smallest absolute Gasteiger partial charge is 0.407 e. The number of ether oxygens (including phenoxy) is 1. The van der Waals surface area contributed by atoms with Crippen molar-refractivity contribution >= 4 is 12.1 Å². The van der Waals surface area contributed by atoms with E-state index in [9.17, 15) is 9.59 Å². The number of nitrogens with one attached hydrogen (secondary N) is 1. The van der Waals surface area contributed by atoms with E-state index in [2.05, 4.69) is 5.32 Å². The maximum absolute atomic E-state index is 11.6. The minimum absolute atomic E-state index is 0.138. The summed E-state index contributed by atoms with van der Waals surface area (Å²) >= 11 is 0. The first kappa shape index (κ1) is 16.0. The fourth-order valence-electron chi connectivity index (χ4n) is 1.73. The molecule has 0 saturated heterocycles. The second-order valence-corrected chi connectivity index (χ2v) is 4.43. The monoisotopic (exact) mass is 280 g/mol. The number of carboxylic acids is 1. The zero-order valence-corrected chi connectivity index (χ0v) is 11.2. The summed E-state index contributed by atoms with van der Waals surface area (Å²) in [7, 11) is 0. The van der Waals surface area contributed by atoms with Crippen LogP contribution in [0.3, 0.4) is 0 Å². The molecule has 1 amide bonds. The maximum atomic E-state index is 11.6. The molecule has 1 atom stereocenters. The predicted octanol–water partition coefficient (Wildman–Crippen LogP) is 1.50. The molecular formula is C14H20N2O4. The van der Waals surface area contributed by atoms with Gasteiger partial charge in [0.2, 0.25) is 0 Å². The highest BCUT2D eigenvalue weighted by Crippen LogP contribution is 2.04. The van der Waals surface area contributed by atoms with Gasteiger partial charge in [-0.1, -0.05) is 30.3 Å². The third kappa shape index (κ3) is 6.75. The summed E-state index contributed by atoms with van der Waals surface area (Å²) in [5.41, 5.74) is 6.26. The van der Waals surface area contributed by atoms with Crippen molar-refractivity contribution < 1.29 is 19.4 Å². The molecule has 110 valence electrons. The van der Waals surface area contributed by atoms with E-state index < -0.39 is 18.1 Å². The molecule has 6 heteroatoms. The van der Waals surface area contributed by atoms with Crippen molar-refractivity contribution in [3.05, 3.63) is 35.9 Å². The van der Waals surface area contributed by atoms with E-state index in [0.717, 1.165) is 5.56 Å². The van der Waals surface area contributed by atoms with Crippen molar-refractivity contribution in [3.63, 3.8) is 0 Å². The van der Waals surface area contributed by atoms with Crippen LogP contribution < -0.4 is 11.1 Å². The quantitative estimate of drug-likeness (QED) is 0.669. The molecule has 0 aliphatic carbocycles. The van der Waals surface area contributed by atoms with Crippen LogP contribution in [-0.4, -0.2) is 29.8 Å². The third-order valence-electron chi connectivity index (χ3n) is 2.71. The van der Waals surface area contributed by atoms with Gasteiger partial charge in [0.15, 0.2) is 0 Å². The number of carbonyl (C=O) groups excluding carboxylic acids is 1. The molecule has 0 saturated carbocycles. The van der Waals surface area contributed by atoms with Gasteiger partial charge in [-0.05, 0) is 24.9 Å². The van der Waals surface area contributed by atoms with E-state index >= 15 is 0 Å². The number of aliphatic carboxylic acids is 1. The normalized spacial score (nSPS) is 11.7. The van der Waals surface area contributed by atoms with E-state index in [1.54, 1.807) is 0 Å². The molecule has 4 N–H and O–H groups in total. The number of alkyl carbamates (subject to hydrolysis) is 1. The molecule has 0 aliphatic rings. The van der Waals surface area contributed by atoms with Gasteiger partial charge < -0.3 is 20.9 Å². The molecular weight excluding hydrogens is 260 g/mol. The first-order chi connectivity index (χ1) is 9.61. The van der Waals surface area contributed by atoms with Crippen molar-refractivity contribution in [3.8, 4) is 0 Å². The van der Waals surface area contributed by atoms with Crippen LogP contribution in [-0.2, 0) is 16.1 Å². The lowest BCUT2D eigenvalue weighted by atomic mass is 10.1. The van der Waals surface area contributed by atoms with Crippen molar-refractivity contribution in [2.45, 2.75) is 31.9 Å². The van der Waals surface area contributed by atoms with Gasteiger partial charge in [0.05, 0.1) is 6.42 Å². The lowest BCUT2D eigenvalue weighted by Crippen LogP contribution is -2.37. The summed E-state index contributed by atoms with van der Waals surface area (Å²) in [6, 6.07) is 8.81. The number of hydrogen-bond donors (Lipinski definition) is 3. The minimum Gasteiger partial charge on any atom is -0.481 e. The molecule has 1 aromatic carbocycles. The van der Waals surface area contributed by atoms with Gasteiger partial charge in [-0.25, -0.2) is 4.79 Å². The molecule has 20 heavy (non-hydrogen) atoms. The average molecular weight is 280 g/mol. The van der Waals surface area contributed by atoms with E-state index in [0.29, 0.717) is 19.4 Å². The Labute approximate surface area is 117 Å². The van der Waals surface area contributed by atoms with E-state index in [1.807, 2.05) is 30.3 Å². The summed E-state index contributed by atoms with van der Waals surface area (Å²) < 4.78 is 5.05. The first-order valence-corrected chi connectivity index (χ1v) is 6.51. The van der Waals surface area contributed by atoms with Crippen LogP contribution in [0, 0.1) is 0 Å². The highest BCUT2D eigenvalue weighted by Gasteiger charge is 2.16. The number of hydrogen-bond acceptors (Lipinski definition) is 4. The Bertz CT molecular complexity index is 422. The fraction of sp³-hybridized carbons (Fsp3) is 0.429. The fourth-order valence-corrected chi connectivity index (χ4v) is 1.73. The largest absolute Gasteiger partial charge is 0.481 e. The van der Waals surface area contributed by atoms with Gasteiger partial charge >= 0.3 is 12.1 Å². The lowest BCUT2D eigenvalue weighted by Gasteiger charge is -2.16. The average Bonchev–Trinajstić information content (AvgIpc) is 2.43. The summed E-state index contributed by atoms with van der Waals surface area (Å²) in [4.78, 5) is 22.3. The minimum atomic E-state index is -0.963. The standard InChI is InChI=1S/C14H20N2O4/c15-8-4-7-12(9-13(17)18)16-14(19)20-10-11-5-2-1-3-6-11/h1-3,5-6,12H,4,7-10,15H2,(H,16,19)(H,17,18). The lowest BCUT2D eigenvalue weighted by molar-refractivity contribution is -0.137. The highest BCUT2D eigenvalue weighted by atomic mass is 16.5. The Morgan fingerprint density at radius 1 is 1.30 bits per heavy atom. The Morgan fingerprint density at radius 2 is 2.00 bits per heavy atom. The predicted molar refractivity (Wildman–Crippen MR) is 74.1 cm³/mol. The number of amides is 1. The molecule has 0 heterocycles. The van der Waals surface area contributed by atoms with Crippen LogP contribution in [0.1, 0.15) is 24.8 Å². The van der Waals surface area contributed by atoms with Gasteiger partial charge in [-0.2, -0.15) is 0 Å². The summed E-state index contributed by atoms with van der Waals surface area (Å²) in [5.74, 6) is -0.963. The van der Waals surface area contributed by atoms with Crippen LogP contribution in [0.4, 0.5) is 4.79 Å². The number of carboxylic acid groups (broad SMARTS) is 1. The van der Waals surface area contributed by atoms with Crippen molar-refractivity contribution in [1.82, 2.24) is 5.32 Å². The number of carbonyl (C=O) groups is 2. The molecule has 1 unspecified atom stereocenters. The zero-order valence-electron chi connectivity index (χ0n) is 11.2. The second-order valence-electron chi connectivity index (χ2n) is 4.43. The number of rotatable bonds is 8. The Kier molecular flexibility index (Phi) is 7.13. The Balaban J connectivity index is 2.38. The molecule has 0 spiro atoms. The van der Waals surface area contributed by atoms with Crippen molar-refractivity contribution in [2.24, 2.45) is 5.73 Å². The van der Waals surface area contributed by atoms with E-state index in [1.165, 1.54) is 0 Å². The number of benzene rings is 1. The molecule has 0 fully saturated rings. The van der Waals surface area contributed by atoms with Crippen LogP contribution in [0.2, 0.25) is 0 Å². The van der Waals surface area contributed by atoms with Crippen molar-refractivity contribution in [2.75, 3.05) is 6.54 Å². The first-order valence-electron chi connectivity index (χ1n) is 6.51. The second kappa shape index (κ2) is 8.92. The SMILES string of the molecule is NCCCC(CC(=O)O)NC(=O)OCc1ccccc1. The van der Waals surface area contributed by atoms with Crippen LogP contribution in [0.5, 0.6) is 0 Å². The van der Waals surface area contributed by atoms with Crippen LogP contribution in [0.25, 0.3) is 0 Å². The van der Waals surface area contributed by atoms with Crippen LogP contribution >= 0.6 is 0 Å². The summed E-state index contributed by atoms with van der Waals surface area (Å²) in [6.07, 6.45) is 0.415. The van der Waals surface area contributed by atoms with Gasteiger partial charge in [0.1, 0.15) is 6.61 Å². The van der Waals surface area contributed by atoms with Gasteiger partial charge in [0.25, 0.3) is 0 Å². The van der Waals surface area contributed by atoms with Crippen LogP contribution in [0.15, 0.2) is 30.3 Å². The summed E-state index contributed by atoms with van der Waals surface area (Å²) in [6.45, 7) is 0.611. The van der Waals surface area contributed by atoms with E-state index in [4.69, 9.17) is 15.6 Å². The molecule has 1 aromatic rings. The Morgan fingerprint density at radius 3 is 2.60 bits per heavy atom. The molecule has 0 aromatic heterocycles. The van der Waals surface area contributed by atoms with Gasteiger partial charge in [-0.3, -0.25) is 4.79 Å². The van der Waals surface area contributed by atoms with Gasteiger partial charge in [0, 0.05) is 6.04 Å². The molecule has 0 bridgehead atoms. The number of nitrogens with two attached hydrogens (primary N) is 1. The molecule has 0 radical (unpaired) electrons. The Hall–Kier alpha value is -2.08. The molecule has 1 rings (SSSR count). The van der Waals surface area contributed by atoms with Gasteiger partial charge in [-0.15, -0.1) is 0 Å². The summed E-state index contributed by atoms with van der Waals surface area (Å²) in [5, 5.41) is 11.3.